The third-order valence-electron chi connectivity index (χ3n) is 3.61. The molecule has 118 valence electrons. The fourth-order valence-electron chi connectivity index (χ4n) is 2.61. The number of aryl methyl sites for hydroxylation is 1. The van der Waals surface area contributed by atoms with Crippen LogP contribution < -0.4 is 0 Å². The van der Waals surface area contributed by atoms with Crippen LogP contribution in [0.25, 0.3) is 11.1 Å². The van der Waals surface area contributed by atoms with Gasteiger partial charge < -0.3 is 9.47 Å². The number of rotatable bonds is 2. The molecule has 0 unspecified atom stereocenters. The maximum absolute atomic E-state index is 12.2. The van der Waals surface area contributed by atoms with Gasteiger partial charge in [-0.2, -0.15) is 0 Å². The molecule has 0 amide bonds. The van der Waals surface area contributed by atoms with E-state index in [1.807, 2.05) is 0 Å². The van der Waals surface area contributed by atoms with Gasteiger partial charge in [0.15, 0.2) is 0 Å². The Hall–Kier alpha value is -2.11. The van der Waals surface area contributed by atoms with Gasteiger partial charge in [0.05, 0.1) is 39.7 Å². The third kappa shape index (κ3) is 2.46. The summed E-state index contributed by atoms with van der Waals surface area (Å²) in [7, 11) is 1.26. The Morgan fingerprint density at radius 3 is 2.74 bits per heavy atom. The van der Waals surface area contributed by atoms with Crippen molar-refractivity contribution in [3.05, 3.63) is 50.8 Å². The van der Waals surface area contributed by atoms with Crippen molar-refractivity contribution in [1.82, 2.24) is 4.98 Å². The van der Waals surface area contributed by atoms with Crippen molar-refractivity contribution in [2.24, 2.45) is 0 Å². The fourth-order valence-corrected chi connectivity index (χ4v) is 3.01. The van der Waals surface area contributed by atoms with E-state index in [0.29, 0.717) is 27.5 Å². The molecule has 0 saturated carbocycles. The van der Waals surface area contributed by atoms with Crippen molar-refractivity contribution in [1.29, 1.82) is 0 Å². The molecule has 1 aromatic carbocycles. The summed E-state index contributed by atoms with van der Waals surface area (Å²) in [5, 5.41) is 0.557. The predicted molar refractivity (Wildman–Crippen MR) is 84.9 cm³/mol. The van der Waals surface area contributed by atoms with Gasteiger partial charge in [0.1, 0.15) is 6.61 Å². The summed E-state index contributed by atoms with van der Waals surface area (Å²) in [6.07, 6.45) is 0. The molecule has 3 rings (SSSR count). The molecule has 0 radical (unpaired) electrons. The highest BCUT2D eigenvalue weighted by Crippen LogP contribution is 2.40. The first-order chi connectivity index (χ1) is 11.0. The number of benzene rings is 1. The van der Waals surface area contributed by atoms with E-state index < -0.39 is 11.9 Å². The average Bonchev–Trinajstić information content (AvgIpc) is 2.89. The second-order valence-electron chi connectivity index (χ2n) is 4.94. The minimum atomic E-state index is -0.608. The first kappa shape index (κ1) is 15.8. The van der Waals surface area contributed by atoms with Crippen LogP contribution in [0.5, 0.6) is 0 Å². The van der Waals surface area contributed by atoms with Crippen LogP contribution in [0.15, 0.2) is 18.2 Å². The lowest BCUT2D eigenvalue weighted by Gasteiger charge is -2.15. The zero-order chi connectivity index (χ0) is 16.7. The second-order valence-corrected chi connectivity index (χ2v) is 5.72. The van der Waals surface area contributed by atoms with Gasteiger partial charge >= 0.3 is 11.9 Å². The first-order valence-electron chi connectivity index (χ1n) is 6.69. The number of cyclic esters (lactones) is 1. The molecule has 0 atom stereocenters. The Morgan fingerprint density at radius 2 is 2.04 bits per heavy atom. The third-order valence-corrected chi connectivity index (χ3v) is 4.43. The van der Waals surface area contributed by atoms with E-state index >= 15 is 0 Å². The number of carbonyl (C=O) groups is 2. The molecular weight excluding hydrogens is 341 g/mol. The molecule has 0 fully saturated rings. The molecule has 0 N–H and O–H groups in total. The van der Waals surface area contributed by atoms with E-state index in [4.69, 9.17) is 32.7 Å². The SMILES string of the molecule is COC(=O)c1c(C)nc2c(c1-c1cccc(Cl)c1Cl)C(=O)OC2. The van der Waals surface area contributed by atoms with Crippen LogP contribution in [0.3, 0.4) is 0 Å². The molecular formula is C16H11Cl2NO4. The van der Waals surface area contributed by atoms with Gasteiger partial charge in [-0.15, -0.1) is 0 Å². The largest absolute Gasteiger partial charge is 0.465 e. The van der Waals surface area contributed by atoms with Crippen LogP contribution in [0.1, 0.15) is 32.1 Å². The fraction of sp³-hybridized carbons (Fsp3) is 0.188. The molecule has 2 heterocycles. The number of esters is 2. The predicted octanol–water partition coefficient (Wildman–Crippen LogP) is 3.82. The Labute approximate surface area is 142 Å². The van der Waals surface area contributed by atoms with E-state index in [1.54, 1.807) is 25.1 Å². The summed E-state index contributed by atoms with van der Waals surface area (Å²) in [6, 6.07) is 4.99. The minimum absolute atomic E-state index is 0.0572. The number of methoxy groups -OCH3 is 1. The Bertz CT molecular complexity index is 848. The van der Waals surface area contributed by atoms with E-state index in [0.717, 1.165) is 0 Å². The lowest BCUT2D eigenvalue weighted by atomic mass is 9.93. The maximum Gasteiger partial charge on any atom is 0.341 e. The van der Waals surface area contributed by atoms with E-state index in [1.165, 1.54) is 7.11 Å². The van der Waals surface area contributed by atoms with Crippen LogP contribution in [0, 0.1) is 6.92 Å². The van der Waals surface area contributed by atoms with Crippen molar-refractivity contribution >= 4 is 35.1 Å². The molecule has 7 heteroatoms. The molecule has 0 bridgehead atoms. The molecule has 1 aromatic heterocycles. The number of hydrogen-bond donors (Lipinski definition) is 0. The highest BCUT2D eigenvalue weighted by atomic mass is 35.5. The van der Waals surface area contributed by atoms with Crippen LogP contribution in [0.4, 0.5) is 0 Å². The lowest BCUT2D eigenvalue weighted by molar-refractivity contribution is 0.0533. The Morgan fingerprint density at radius 1 is 1.30 bits per heavy atom. The number of pyridine rings is 1. The lowest BCUT2D eigenvalue weighted by Crippen LogP contribution is -2.12. The van der Waals surface area contributed by atoms with Gasteiger partial charge in [-0.1, -0.05) is 35.3 Å². The van der Waals surface area contributed by atoms with Gasteiger partial charge in [0.2, 0.25) is 0 Å². The summed E-state index contributed by atoms with van der Waals surface area (Å²) in [5.74, 6) is -1.16. The second kappa shape index (κ2) is 5.83. The minimum Gasteiger partial charge on any atom is -0.465 e. The zero-order valence-electron chi connectivity index (χ0n) is 12.3. The van der Waals surface area contributed by atoms with Gasteiger partial charge in [-0.3, -0.25) is 4.98 Å². The van der Waals surface area contributed by atoms with Gasteiger partial charge in [0, 0.05) is 11.1 Å². The summed E-state index contributed by atoms with van der Waals surface area (Å²) in [4.78, 5) is 28.7. The van der Waals surface area contributed by atoms with E-state index in [9.17, 15) is 9.59 Å². The normalized spacial score (nSPS) is 12.8. The smallest absolute Gasteiger partial charge is 0.341 e. The topological polar surface area (TPSA) is 65.5 Å². The van der Waals surface area contributed by atoms with Gasteiger partial charge in [0.25, 0.3) is 0 Å². The molecule has 0 aliphatic carbocycles. The van der Waals surface area contributed by atoms with Crippen LogP contribution in [-0.2, 0) is 16.1 Å². The summed E-state index contributed by atoms with van der Waals surface area (Å²) in [5.41, 5.74) is 2.09. The highest BCUT2D eigenvalue weighted by Gasteiger charge is 2.33. The average molecular weight is 352 g/mol. The summed E-state index contributed by atoms with van der Waals surface area (Å²) in [6.45, 7) is 1.72. The van der Waals surface area contributed by atoms with Crippen molar-refractivity contribution in [3.63, 3.8) is 0 Å². The number of fused-ring (bicyclic) bond motifs is 1. The molecule has 1 aliphatic heterocycles. The van der Waals surface area contributed by atoms with Crippen molar-refractivity contribution < 1.29 is 19.1 Å². The quantitative estimate of drug-likeness (QED) is 0.769. The molecule has 2 aromatic rings. The number of nitrogens with zero attached hydrogens (tertiary/aromatic N) is 1. The van der Waals surface area contributed by atoms with Crippen LogP contribution in [-0.4, -0.2) is 24.0 Å². The van der Waals surface area contributed by atoms with Crippen molar-refractivity contribution in [2.45, 2.75) is 13.5 Å². The number of halogens is 2. The van der Waals surface area contributed by atoms with Gasteiger partial charge in [-0.25, -0.2) is 9.59 Å². The molecule has 5 nitrogen and oxygen atoms in total. The summed E-state index contributed by atoms with van der Waals surface area (Å²) >= 11 is 12.4. The summed E-state index contributed by atoms with van der Waals surface area (Å²) < 4.78 is 9.89. The van der Waals surface area contributed by atoms with E-state index in [2.05, 4.69) is 4.98 Å². The number of hydrogen-bond acceptors (Lipinski definition) is 5. The van der Waals surface area contributed by atoms with Crippen molar-refractivity contribution in [3.8, 4) is 11.1 Å². The number of ether oxygens (including phenoxy) is 2. The molecule has 0 saturated heterocycles. The monoisotopic (exact) mass is 351 g/mol. The Kier molecular flexibility index (Phi) is 4.00. The maximum atomic E-state index is 12.2. The van der Waals surface area contributed by atoms with Crippen LogP contribution >= 0.6 is 23.2 Å². The standard InChI is InChI=1S/C16H11Cl2NO4/c1-7-11(15(20)22-2)12(8-4-3-5-9(17)14(8)18)13-10(19-7)6-23-16(13)21/h3-5H,6H2,1-2H3. The number of aromatic nitrogens is 1. The Balaban J connectivity index is 2.44. The van der Waals surface area contributed by atoms with E-state index in [-0.39, 0.29) is 22.8 Å². The highest BCUT2D eigenvalue weighted by molar-refractivity contribution is 6.44. The molecule has 0 spiro atoms. The van der Waals surface area contributed by atoms with Crippen molar-refractivity contribution in [2.75, 3.05) is 7.11 Å². The first-order valence-corrected chi connectivity index (χ1v) is 7.44. The molecule has 1 aliphatic rings. The van der Waals surface area contributed by atoms with Gasteiger partial charge in [-0.05, 0) is 13.0 Å². The van der Waals surface area contributed by atoms with Crippen LogP contribution in [0.2, 0.25) is 10.0 Å². The number of carbonyl (C=O) groups excluding carboxylic acids is 2. The zero-order valence-corrected chi connectivity index (χ0v) is 13.8. The molecule has 23 heavy (non-hydrogen) atoms.